The van der Waals surface area contributed by atoms with Crippen molar-refractivity contribution in [1.29, 1.82) is 0 Å². The van der Waals surface area contributed by atoms with Gasteiger partial charge in [-0.25, -0.2) is 27.5 Å². The molecule has 7 nitrogen and oxygen atoms in total. The van der Waals surface area contributed by atoms with Crippen LogP contribution in [0.2, 0.25) is 5.15 Å². The van der Waals surface area contributed by atoms with E-state index in [2.05, 4.69) is 14.7 Å². The molecule has 10 heteroatoms. The number of aromatic nitrogens is 3. The highest BCUT2D eigenvalue weighted by Gasteiger charge is 2.17. The van der Waals surface area contributed by atoms with Gasteiger partial charge in [0.05, 0.1) is 22.5 Å². The Hall–Kier alpha value is -3.92. The molecule has 0 spiro atoms. The number of hydrogen-bond donors (Lipinski definition) is 2. The highest BCUT2D eigenvalue weighted by Crippen LogP contribution is 2.33. The zero-order chi connectivity index (χ0) is 26.2. The van der Waals surface area contributed by atoms with Crippen molar-refractivity contribution >= 4 is 32.7 Å². The number of H-pyrrole nitrogens is 1. The van der Waals surface area contributed by atoms with E-state index in [-0.39, 0.29) is 16.9 Å². The highest BCUT2D eigenvalue weighted by atomic mass is 35.5. The molecule has 0 fully saturated rings. The van der Waals surface area contributed by atoms with Crippen LogP contribution in [0.1, 0.15) is 11.4 Å². The number of aryl methyl sites for hydroxylation is 1. The summed E-state index contributed by atoms with van der Waals surface area (Å²) in [6.45, 7) is 1.65. The minimum absolute atomic E-state index is 0.0857. The summed E-state index contributed by atoms with van der Waals surface area (Å²) in [5.41, 5.74) is 3.95. The average Bonchev–Trinajstić information content (AvgIpc) is 2.87. The zero-order valence-corrected chi connectivity index (χ0v) is 21.1. The van der Waals surface area contributed by atoms with Gasteiger partial charge in [-0.2, -0.15) is 0 Å². The third-order valence-corrected chi connectivity index (χ3v) is 7.34. The largest absolute Gasteiger partial charge is 0.342 e. The smallest absolute Gasteiger partial charge is 0.240 e. The van der Waals surface area contributed by atoms with Crippen molar-refractivity contribution in [2.24, 2.45) is 0 Å². The molecule has 5 aromatic rings. The maximum Gasteiger partial charge on any atom is 0.240 e. The van der Waals surface area contributed by atoms with Gasteiger partial charge >= 0.3 is 0 Å². The molecule has 0 atom stereocenters. The van der Waals surface area contributed by atoms with Gasteiger partial charge in [0.15, 0.2) is 5.43 Å². The molecule has 0 aliphatic heterocycles. The zero-order valence-electron chi connectivity index (χ0n) is 19.5. The van der Waals surface area contributed by atoms with Gasteiger partial charge < -0.3 is 4.98 Å². The molecular formula is C27H20ClFN4O3S. The van der Waals surface area contributed by atoms with Crippen molar-refractivity contribution in [3.8, 4) is 22.4 Å². The van der Waals surface area contributed by atoms with Crippen LogP contribution in [-0.4, -0.2) is 23.4 Å². The molecule has 0 bridgehead atoms. The molecule has 37 heavy (non-hydrogen) atoms. The Morgan fingerprint density at radius 3 is 2.38 bits per heavy atom. The highest BCUT2D eigenvalue weighted by molar-refractivity contribution is 7.89. The van der Waals surface area contributed by atoms with Gasteiger partial charge in [0.1, 0.15) is 16.6 Å². The van der Waals surface area contributed by atoms with E-state index in [9.17, 15) is 17.6 Å². The van der Waals surface area contributed by atoms with Gasteiger partial charge in [0.2, 0.25) is 10.0 Å². The molecule has 2 aromatic carbocycles. The predicted molar refractivity (Wildman–Crippen MR) is 141 cm³/mol. The second-order valence-electron chi connectivity index (χ2n) is 8.40. The summed E-state index contributed by atoms with van der Waals surface area (Å²) >= 11 is 6.22. The number of rotatable bonds is 6. The summed E-state index contributed by atoms with van der Waals surface area (Å²) in [5, 5.41) is 0.664. The number of hydrogen-bond acceptors (Lipinski definition) is 5. The number of nitrogens with zero attached hydrogens (tertiary/aromatic N) is 2. The van der Waals surface area contributed by atoms with Crippen molar-refractivity contribution in [3.05, 3.63) is 111 Å². The van der Waals surface area contributed by atoms with Crippen LogP contribution < -0.4 is 10.2 Å². The third-order valence-electron chi connectivity index (χ3n) is 5.73. The van der Waals surface area contributed by atoms with E-state index in [4.69, 9.17) is 16.6 Å². The van der Waals surface area contributed by atoms with E-state index in [1.807, 2.05) is 43.3 Å². The van der Waals surface area contributed by atoms with E-state index in [0.29, 0.717) is 33.1 Å². The van der Waals surface area contributed by atoms with Gasteiger partial charge in [-0.1, -0.05) is 41.9 Å². The molecule has 0 radical (unpaired) electrons. The molecular weight excluding hydrogens is 515 g/mol. The van der Waals surface area contributed by atoms with Gasteiger partial charge in [0, 0.05) is 28.6 Å². The monoisotopic (exact) mass is 534 g/mol. The van der Waals surface area contributed by atoms with Gasteiger partial charge in [0.25, 0.3) is 0 Å². The molecule has 0 amide bonds. The van der Waals surface area contributed by atoms with Crippen molar-refractivity contribution < 1.29 is 12.8 Å². The van der Waals surface area contributed by atoms with E-state index < -0.39 is 15.8 Å². The number of sulfonamides is 1. The Balaban J connectivity index is 1.59. The molecule has 0 saturated heterocycles. The lowest BCUT2D eigenvalue weighted by atomic mass is 9.98. The van der Waals surface area contributed by atoms with Crippen LogP contribution in [0.3, 0.4) is 0 Å². The molecule has 0 unspecified atom stereocenters. The minimum Gasteiger partial charge on any atom is -0.342 e. The van der Waals surface area contributed by atoms with E-state index in [1.165, 1.54) is 18.2 Å². The number of benzene rings is 2. The Kier molecular flexibility index (Phi) is 6.59. The standard InChI is InChI=1S/C27H20ClFN4O3S/c1-16-11-18(12-25(28)31-16)22-14-23-24(34)13-20(15-30-37(35,36)21-9-7-19(29)8-10-21)32-27(23)33-26(22)17-5-3-2-4-6-17/h2-14,30H,15H2,1H3,(H,32,33,34). The van der Waals surface area contributed by atoms with Gasteiger partial charge in [-0.3, -0.25) is 4.79 Å². The number of fused-ring (bicyclic) bond motifs is 1. The maximum atomic E-state index is 13.2. The second-order valence-corrected chi connectivity index (χ2v) is 10.6. The lowest BCUT2D eigenvalue weighted by Crippen LogP contribution is -2.24. The summed E-state index contributed by atoms with van der Waals surface area (Å²) in [5.74, 6) is -0.540. The summed E-state index contributed by atoms with van der Waals surface area (Å²) in [7, 11) is -3.92. The summed E-state index contributed by atoms with van der Waals surface area (Å²) in [6.07, 6.45) is 0. The van der Waals surface area contributed by atoms with E-state index >= 15 is 0 Å². The summed E-state index contributed by atoms with van der Waals surface area (Å²) < 4.78 is 40.8. The number of pyridine rings is 3. The van der Waals surface area contributed by atoms with Crippen molar-refractivity contribution in [2.45, 2.75) is 18.4 Å². The lowest BCUT2D eigenvalue weighted by Gasteiger charge is -2.13. The van der Waals surface area contributed by atoms with E-state index in [1.54, 1.807) is 12.1 Å². The first-order valence-electron chi connectivity index (χ1n) is 11.2. The first-order chi connectivity index (χ1) is 17.7. The predicted octanol–water partition coefficient (Wildman–Crippen LogP) is 5.23. The molecule has 0 aliphatic rings. The summed E-state index contributed by atoms with van der Waals surface area (Å²) in [4.78, 5) is 25.1. The van der Waals surface area contributed by atoms with Crippen LogP contribution in [-0.2, 0) is 16.6 Å². The first kappa shape index (κ1) is 24.8. The molecule has 3 heterocycles. The topological polar surface area (TPSA) is 105 Å². The van der Waals surface area contributed by atoms with Gasteiger partial charge in [-0.15, -0.1) is 0 Å². The Bertz CT molecular complexity index is 1770. The van der Waals surface area contributed by atoms with Crippen LogP contribution in [0, 0.1) is 12.7 Å². The molecule has 3 aromatic heterocycles. The fourth-order valence-corrected chi connectivity index (χ4v) is 5.26. The number of halogens is 2. The van der Waals surface area contributed by atoms with Crippen molar-refractivity contribution in [1.82, 2.24) is 19.7 Å². The fraction of sp³-hybridized carbons (Fsp3) is 0.0741. The minimum atomic E-state index is -3.92. The van der Waals surface area contributed by atoms with Crippen LogP contribution in [0.4, 0.5) is 4.39 Å². The quantitative estimate of drug-likeness (QED) is 0.290. The van der Waals surface area contributed by atoms with Crippen molar-refractivity contribution in [2.75, 3.05) is 0 Å². The summed E-state index contributed by atoms with van der Waals surface area (Å²) in [6, 6.07) is 20.6. The SMILES string of the molecule is Cc1cc(-c2cc3c(=O)cc(CNS(=O)(=O)c4ccc(F)cc4)[nH]c3nc2-c2ccccc2)cc(Cl)n1. The Morgan fingerprint density at radius 2 is 1.68 bits per heavy atom. The lowest BCUT2D eigenvalue weighted by molar-refractivity contribution is 0.579. The fourth-order valence-electron chi connectivity index (χ4n) is 4.01. The normalized spacial score (nSPS) is 11.6. The van der Waals surface area contributed by atoms with Crippen LogP contribution in [0.25, 0.3) is 33.4 Å². The van der Waals surface area contributed by atoms with Gasteiger partial charge in [-0.05, 0) is 55.0 Å². The third kappa shape index (κ3) is 5.29. The van der Waals surface area contributed by atoms with E-state index in [0.717, 1.165) is 29.0 Å². The van der Waals surface area contributed by atoms with Crippen LogP contribution in [0.5, 0.6) is 0 Å². The van der Waals surface area contributed by atoms with Crippen LogP contribution in [0.15, 0.2) is 88.6 Å². The molecule has 0 aliphatic carbocycles. The molecule has 186 valence electrons. The molecule has 2 N–H and O–H groups in total. The first-order valence-corrected chi connectivity index (χ1v) is 13.1. The maximum absolute atomic E-state index is 13.2. The van der Waals surface area contributed by atoms with Crippen LogP contribution >= 0.6 is 11.6 Å². The second kappa shape index (κ2) is 9.85. The molecule has 5 rings (SSSR count). The molecule has 0 saturated carbocycles. The number of nitrogens with one attached hydrogen (secondary N) is 2. The average molecular weight is 535 g/mol. The Labute approximate surface area is 217 Å². The Morgan fingerprint density at radius 1 is 0.946 bits per heavy atom. The number of aromatic amines is 1. The van der Waals surface area contributed by atoms with Crippen molar-refractivity contribution in [3.63, 3.8) is 0 Å².